The number of aromatic nitrogens is 1. The maximum absolute atomic E-state index is 12.1. The van der Waals surface area contributed by atoms with Crippen LogP contribution in [0, 0.1) is 6.92 Å². The summed E-state index contributed by atoms with van der Waals surface area (Å²) in [5.74, 6) is -0.250. The molecule has 0 radical (unpaired) electrons. The molecule has 6 heteroatoms. The van der Waals surface area contributed by atoms with Gasteiger partial charge in [0.05, 0.1) is 11.2 Å². The summed E-state index contributed by atoms with van der Waals surface area (Å²) in [4.78, 5) is 4.23. The zero-order valence-corrected chi connectivity index (χ0v) is 9.58. The number of aryl methyl sites for hydroxylation is 1. The number of benzene rings is 1. The van der Waals surface area contributed by atoms with Crippen molar-refractivity contribution in [2.75, 3.05) is 0 Å². The molecule has 0 unspecified atom stereocenters. The molecular formula is C12H11F3N2O. The molecular weight excluding hydrogens is 245 g/mol. The molecule has 0 spiro atoms. The highest BCUT2D eigenvalue weighted by atomic mass is 19.4. The van der Waals surface area contributed by atoms with Crippen molar-refractivity contribution < 1.29 is 17.9 Å². The molecule has 2 rings (SSSR count). The van der Waals surface area contributed by atoms with Gasteiger partial charge in [-0.3, -0.25) is 4.98 Å². The minimum atomic E-state index is -4.69. The normalized spacial score (nSPS) is 11.8. The third-order valence-electron chi connectivity index (χ3n) is 2.48. The fourth-order valence-corrected chi connectivity index (χ4v) is 1.74. The first-order chi connectivity index (χ1) is 8.39. The fraction of sp³-hybridized carbons (Fsp3) is 0.250. The molecule has 2 aromatic rings. The van der Waals surface area contributed by atoms with Gasteiger partial charge in [0.25, 0.3) is 0 Å². The molecule has 0 aliphatic heterocycles. The van der Waals surface area contributed by atoms with Crippen LogP contribution in [0.4, 0.5) is 13.2 Å². The standard InChI is InChI=1S/C12H11F3N2O/c1-7-4-8(6-16)17-11-3-2-9(5-10(7)11)18-12(13,14)15/h2-5H,6,16H2,1H3. The quantitative estimate of drug-likeness (QED) is 0.898. The van der Waals surface area contributed by atoms with Crippen molar-refractivity contribution in [1.82, 2.24) is 4.98 Å². The number of hydrogen-bond donors (Lipinski definition) is 1. The lowest BCUT2D eigenvalue weighted by Gasteiger charge is -2.10. The van der Waals surface area contributed by atoms with E-state index in [9.17, 15) is 13.2 Å². The third-order valence-corrected chi connectivity index (χ3v) is 2.48. The first kappa shape index (κ1) is 12.6. The number of alkyl halides is 3. The average Bonchev–Trinajstić information content (AvgIpc) is 2.27. The lowest BCUT2D eigenvalue weighted by atomic mass is 10.1. The monoisotopic (exact) mass is 256 g/mol. The van der Waals surface area contributed by atoms with Crippen LogP contribution in [0.1, 0.15) is 11.3 Å². The molecule has 0 saturated heterocycles. The summed E-state index contributed by atoms with van der Waals surface area (Å²) in [7, 11) is 0. The molecule has 0 fully saturated rings. The zero-order valence-electron chi connectivity index (χ0n) is 9.58. The second-order valence-electron chi connectivity index (χ2n) is 3.86. The van der Waals surface area contributed by atoms with E-state index in [4.69, 9.17) is 5.73 Å². The highest BCUT2D eigenvalue weighted by Gasteiger charge is 2.31. The SMILES string of the molecule is Cc1cc(CN)nc2ccc(OC(F)(F)F)cc12. The van der Waals surface area contributed by atoms with E-state index in [0.717, 1.165) is 5.56 Å². The van der Waals surface area contributed by atoms with E-state index >= 15 is 0 Å². The summed E-state index contributed by atoms with van der Waals surface area (Å²) >= 11 is 0. The smallest absolute Gasteiger partial charge is 0.406 e. The van der Waals surface area contributed by atoms with E-state index in [2.05, 4.69) is 9.72 Å². The van der Waals surface area contributed by atoms with Crippen molar-refractivity contribution in [1.29, 1.82) is 0 Å². The third kappa shape index (κ3) is 2.70. The van der Waals surface area contributed by atoms with Gasteiger partial charge in [-0.2, -0.15) is 0 Å². The summed E-state index contributed by atoms with van der Waals surface area (Å²) in [5, 5.41) is 0.619. The zero-order chi connectivity index (χ0) is 13.3. The maximum Gasteiger partial charge on any atom is 0.573 e. The predicted octanol–water partition coefficient (Wildman–Crippen LogP) is 2.90. The van der Waals surface area contributed by atoms with Crippen molar-refractivity contribution in [3.63, 3.8) is 0 Å². The second-order valence-corrected chi connectivity index (χ2v) is 3.86. The minimum Gasteiger partial charge on any atom is -0.406 e. The van der Waals surface area contributed by atoms with E-state index in [1.165, 1.54) is 18.2 Å². The van der Waals surface area contributed by atoms with Crippen LogP contribution in [0.5, 0.6) is 5.75 Å². The Morgan fingerprint density at radius 3 is 2.61 bits per heavy atom. The predicted molar refractivity (Wildman–Crippen MR) is 61.1 cm³/mol. The van der Waals surface area contributed by atoms with E-state index in [0.29, 0.717) is 16.6 Å². The van der Waals surface area contributed by atoms with Crippen LogP contribution < -0.4 is 10.5 Å². The van der Waals surface area contributed by atoms with Gasteiger partial charge in [-0.05, 0) is 36.8 Å². The topological polar surface area (TPSA) is 48.1 Å². The van der Waals surface area contributed by atoms with Crippen LogP contribution in [0.25, 0.3) is 10.9 Å². The van der Waals surface area contributed by atoms with Crippen LogP contribution in [0.3, 0.4) is 0 Å². The van der Waals surface area contributed by atoms with E-state index < -0.39 is 6.36 Å². The molecule has 0 amide bonds. The molecule has 1 aromatic carbocycles. The molecule has 2 N–H and O–H groups in total. The van der Waals surface area contributed by atoms with Crippen molar-refractivity contribution >= 4 is 10.9 Å². The van der Waals surface area contributed by atoms with E-state index in [1.54, 1.807) is 13.0 Å². The number of fused-ring (bicyclic) bond motifs is 1. The highest BCUT2D eigenvalue weighted by molar-refractivity contribution is 5.83. The number of hydrogen-bond acceptors (Lipinski definition) is 3. The second kappa shape index (κ2) is 4.45. The molecule has 18 heavy (non-hydrogen) atoms. The summed E-state index contributed by atoms with van der Waals surface area (Å²) < 4.78 is 40.2. The van der Waals surface area contributed by atoms with Crippen molar-refractivity contribution in [3.05, 3.63) is 35.5 Å². The Balaban J connectivity index is 2.49. The summed E-state index contributed by atoms with van der Waals surface area (Å²) in [6.07, 6.45) is -4.69. The number of pyridine rings is 1. The Labute approximate surface area is 101 Å². The van der Waals surface area contributed by atoms with Gasteiger partial charge >= 0.3 is 6.36 Å². The number of ether oxygens (including phenoxy) is 1. The Morgan fingerprint density at radius 1 is 1.28 bits per heavy atom. The first-order valence-electron chi connectivity index (χ1n) is 5.25. The number of nitrogens with zero attached hydrogens (tertiary/aromatic N) is 1. The van der Waals surface area contributed by atoms with Gasteiger partial charge in [0, 0.05) is 11.9 Å². The van der Waals surface area contributed by atoms with E-state index in [-0.39, 0.29) is 12.3 Å². The van der Waals surface area contributed by atoms with Crippen molar-refractivity contribution in [3.8, 4) is 5.75 Å². The number of rotatable bonds is 2. The number of halogens is 3. The maximum atomic E-state index is 12.1. The van der Waals surface area contributed by atoms with Gasteiger partial charge in [0.2, 0.25) is 0 Å². The summed E-state index contributed by atoms with van der Waals surface area (Å²) in [5.41, 5.74) is 7.60. The van der Waals surface area contributed by atoms with Gasteiger partial charge in [0.1, 0.15) is 5.75 Å². The van der Waals surface area contributed by atoms with Crippen LogP contribution in [-0.2, 0) is 6.54 Å². The van der Waals surface area contributed by atoms with Crippen LogP contribution in [0.2, 0.25) is 0 Å². The Bertz CT molecular complexity index is 581. The van der Waals surface area contributed by atoms with E-state index in [1.807, 2.05) is 0 Å². The molecule has 0 atom stereocenters. The molecule has 96 valence electrons. The minimum absolute atomic E-state index is 0.250. The van der Waals surface area contributed by atoms with Gasteiger partial charge in [-0.15, -0.1) is 13.2 Å². The molecule has 0 bridgehead atoms. The number of nitrogens with two attached hydrogens (primary N) is 1. The summed E-state index contributed by atoms with van der Waals surface area (Å²) in [6.45, 7) is 2.08. The average molecular weight is 256 g/mol. The van der Waals surface area contributed by atoms with Crippen molar-refractivity contribution in [2.24, 2.45) is 5.73 Å². The van der Waals surface area contributed by atoms with Gasteiger partial charge in [0.15, 0.2) is 0 Å². The van der Waals surface area contributed by atoms with Gasteiger partial charge < -0.3 is 10.5 Å². The van der Waals surface area contributed by atoms with Crippen LogP contribution >= 0.6 is 0 Å². The lowest BCUT2D eigenvalue weighted by molar-refractivity contribution is -0.274. The molecule has 1 aromatic heterocycles. The summed E-state index contributed by atoms with van der Waals surface area (Å²) in [6, 6.07) is 5.80. The fourth-order valence-electron chi connectivity index (χ4n) is 1.74. The van der Waals surface area contributed by atoms with Gasteiger partial charge in [-0.25, -0.2) is 0 Å². The molecule has 0 aliphatic rings. The molecule has 1 heterocycles. The largest absolute Gasteiger partial charge is 0.573 e. The van der Waals surface area contributed by atoms with Gasteiger partial charge in [-0.1, -0.05) is 0 Å². The van der Waals surface area contributed by atoms with Crippen molar-refractivity contribution in [2.45, 2.75) is 19.8 Å². The Hall–Kier alpha value is -1.82. The van der Waals surface area contributed by atoms with Crippen LogP contribution in [0.15, 0.2) is 24.3 Å². The van der Waals surface area contributed by atoms with Crippen LogP contribution in [-0.4, -0.2) is 11.3 Å². The molecule has 3 nitrogen and oxygen atoms in total. The lowest BCUT2D eigenvalue weighted by Crippen LogP contribution is -2.17. The highest BCUT2D eigenvalue weighted by Crippen LogP contribution is 2.27. The Kier molecular flexibility index (Phi) is 3.13. The Morgan fingerprint density at radius 2 is 2.00 bits per heavy atom. The first-order valence-corrected chi connectivity index (χ1v) is 5.25. The molecule has 0 saturated carbocycles. The molecule has 0 aliphatic carbocycles.